The van der Waals surface area contributed by atoms with E-state index in [9.17, 15) is 0 Å². The summed E-state index contributed by atoms with van der Waals surface area (Å²) >= 11 is 0. The van der Waals surface area contributed by atoms with Gasteiger partial charge >= 0.3 is 0 Å². The van der Waals surface area contributed by atoms with E-state index in [2.05, 4.69) is 168 Å². The monoisotopic (exact) mass is 623 g/mol. The summed E-state index contributed by atoms with van der Waals surface area (Å²) in [6.45, 7) is 0. The molecule has 0 radical (unpaired) electrons. The third-order valence-electron chi connectivity index (χ3n) is 9.76. The lowest BCUT2D eigenvalue weighted by Gasteiger charge is -2.13. The molecule has 0 bridgehead atoms. The van der Waals surface area contributed by atoms with Crippen LogP contribution in [0.5, 0.6) is 0 Å². The molecule has 228 valence electrons. The summed E-state index contributed by atoms with van der Waals surface area (Å²) in [5.41, 5.74) is 8.32. The van der Waals surface area contributed by atoms with Crippen molar-refractivity contribution in [2.45, 2.75) is 0 Å². The fourth-order valence-electron chi connectivity index (χ4n) is 7.44. The normalized spacial score (nSPS) is 11.7. The quantitative estimate of drug-likeness (QED) is 0.183. The Bertz CT molecular complexity index is 2810. The first-order valence-electron chi connectivity index (χ1n) is 16.7. The van der Waals surface area contributed by atoms with Gasteiger partial charge in [0.25, 0.3) is 0 Å². The summed E-state index contributed by atoms with van der Waals surface area (Å²) in [5.74, 6) is 0.701. The predicted octanol–water partition coefficient (Wildman–Crippen LogP) is 12.0. The highest BCUT2D eigenvalue weighted by Crippen LogP contribution is 2.39. The Morgan fingerprint density at radius 1 is 0.327 bits per heavy atom. The zero-order chi connectivity index (χ0) is 32.3. The minimum atomic E-state index is 0.701. The van der Waals surface area contributed by atoms with Gasteiger partial charge in [-0.25, -0.2) is 9.97 Å². The SMILES string of the molecule is c1ccc(-c2cc(-c3ccccc3)nc(-c3cccc(-n4c5ccccc5c5cc6c(ccc7c8ccccc8ccc67)cc54)c3)n2)cc1. The van der Waals surface area contributed by atoms with Crippen molar-refractivity contribution in [2.24, 2.45) is 0 Å². The maximum absolute atomic E-state index is 5.12. The van der Waals surface area contributed by atoms with Gasteiger partial charge in [0.1, 0.15) is 0 Å². The van der Waals surface area contributed by atoms with E-state index in [-0.39, 0.29) is 0 Å². The van der Waals surface area contributed by atoms with Crippen molar-refractivity contribution in [2.75, 3.05) is 0 Å². The second-order valence-corrected chi connectivity index (χ2v) is 12.6. The third kappa shape index (κ3) is 4.51. The molecule has 3 nitrogen and oxygen atoms in total. The van der Waals surface area contributed by atoms with E-state index >= 15 is 0 Å². The molecule has 2 aromatic heterocycles. The van der Waals surface area contributed by atoms with Crippen LogP contribution in [-0.2, 0) is 0 Å². The van der Waals surface area contributed by atoms with Crippen LogP contribution in [-0.4, -0.2) is 14.5 Å². The van der Waals surface area contributed by atoms with Crippen LogP contribution < -0.4 is 0 Å². The Kier molecular flexibility index (Phi) is 6.18. The molecule has 0 saturated carbocycles. The van der Waals surface area contributed by atoms with Gasteiger partial charge in [0.2, 0.25) is 0 Å². The van der Waals surface area contributed by atoms with E-state index < -0.39 is 0 Å². The largest absolute Gasteiger partial charge is 0.309 e. The van der Waals surface area contributed by atoms with Gasteiger partial charge in [-0.3, -0.25) is 0 Å². The van der Waals surface area contributed by atoms with Crippen LogP contribution in [0.2, 0.25) is 0 Å². The van der Waals surface area contributed by atoms with Gasteiger partial charge in [0, 0.05) is 33.2 Å². The summed E-state index contributed by atoms with van der Waals surface area (Å²) in [7, 11) is 0. The van der Waals surface area contributed by atoms with E-state index in [1.807, 2.05) is 12.1 Å². The van der Waals surface area contributed by atoms with Crippen molar-refractivity contribution in [1.29, 1.82) is 0 Å². The minimum Gasteiger partial charge on any atom is -0.309 e. The van der Waals surface area contributed by atoms with Crippen molar-refractivity contribution in [3.63, 3.8) is 0 Å². The molecule has 0 aliphatic heterocycles. The van der Waals surface area contributed by atoms with Gasteiger partial charge in [-0.15, -0.1) is 0 Å². The zero-order valence-corrected chi connectivity index (χ0v) is 26.6. The summed E-state index contributed by atoms with van der Waals surface area (Å²) in [6.07, 6.45) is 0. The first kappa shape index (κ1) is 27.5. The molecular formula is C46H29N3. The minimum absolute atomic E-state index is 0.701. The van der Waals surface area contributed by atoms with E-state index in [0.29, 0.717) is 5.82 Å². The molecule has 0 unspecified atom stereocenters. The van der Waals surface area contributed by atoms with Gasteiger partial charge in [-0.05, 0) is 68.7 Å². The van der Waals surface area contributed by atoms with Crippen LogP contribution in [0, 0.1) is 0 Å². The molecule has 0 aliphatic rings. The number of hydrogen-bond donors (Lipinski definition) is 0. The Labute approximate surface area is 283 Å². The van der Waals surface area contributed by atoms with Gasteiger partial charge in [0.05, 0.1) is 22.4 Å². The Balaban J connectivity index is 1.19. The molecule has 0 atom stereocenters. The second-order valence-electron chi connectivity index (χ2n) is 12.6. The third-order valence-corrected chi connectivity index (χ3v) is 9.76. The smallest absolute Gasteiger partial charge is 0.160 e. The highest BCUT2D eigenvalue weighted by Gasteiger charge is 2.16. The van der Waals surface area contributed by atoms with Crippen LogP contribution in [0.25, 0.3) is 93.7 Å². The number of rotatable bonds is 4. The predicted molar refractivity (Wildman–Crippen MR) is 205 cm³/mol. The number of aromatic nitrogens is 3. The molecule has 0 spiro atoms. The van der Waals surface area contributed by atoms with Crippen molar-refractivity contribution >= 4 is 54.1 Å². The lowest BCUT2D eigenvalue weighted by atomic mass is 9.96. The molecule has 0 fully saturated rings. The topological polar surface area (TPSA) is 30.7 Å². The molecule has 2 heterocycles. The van der Waals surface area contributed by atoms with E-state index in [4.69, 9.17) is 9.97 Å². The average molecular weight is 624 g/mol. The molecule has 0 aliphatic carbocycles. The molecular weight excluding hydrogens is 595 g/mol. The maximum Gasteiger partial charge on any atom is 0.160 e. The standard InChI is InChI=1S/C46H29N3/c1-3-13-31(14-4-1)42-29-43(32-15-5-2-6-16-32)48-46(47-42)34-17-11-18-35(26-34)49-44-21-10-9-20-39(44)41-28-40-33(27-45(41)49)23-25-37-36-19-8-7-12-30(36)22-24-38(37)40/h1-29H. The van der Waals surface area contributed by atoms with Crippen molar-refractivity contribution in [1.82, 2.24) is 14.5 Å². The molecule has 10 aromatic rings. The Hall–Kier alpha value is -6.58. The molecule has 0 amide bonds. The van der Waals surface area contributed by atoms with Crippen LogP contribution in [0.4, 0.5) is 0 Å². The first-order chi connectivity index (χ1) is 24.3. The number of hydrogen-bond acceptors (Lipinski definition) is 2. The number of nitrogens with zero attached hydrogens (tertiary/aromatic N) is 3. The molecule has 0 saturated heterocycles. The van der Waals surface area contributed by atoms with E-state index in [0.717, 1.165) is 33.8 Å². The van der Waals surface area contributed by atoms with Crippen molar-refractivity contribution < 1.29 is 0 Å². The average Bonchev–Trinajstić information content (AvgIpc) is 3.50. The Morgan fingerprint density at radius 3 is 1.69 bits per heavy atom. The molecule has 10 rings (SSSR count). The number of fused-ring (bicyclic) bond motifs is 8. The zero-order valence-electron chi connectivity index (χ0n) is 26.6. The van der Waals surface area contributed by atoms with Crippen molar-refractivity contribution in [3.05, 3.63) is 176 Å². The van der Waals surface area contributed by atoms with Crippen LogP contribution >= 0.6 is 0 Å². The van der Waals surface area contributed by atoms with Gasteiger partial charge in [-0.2, -0.15) is 0 Å². The van der Waals surface area contributed by atoms with Gasteiger partial charge in [0.15, 0.2) is 5.82 Å². The number of para-hydroxylation sites is 1. The highest BCUT2D eigenvalue weighted by atomic mass is 15.0. The summed E-state index contributed by atoms with van der Waals surface area (Å²) in [5, 5.41) is 10.1. The summed E-state index contributed by atoms with van der Waals surface area (Å²) in [4.78, 5) is 10.2. The summed E-state index contributed by atoms with van der Waals surface area (Å²) < 4.78 is 2.39. The highest BCUT2D eigenvalue weighted by molar-refractivity contribution is 6.22. The lowest BCUT2D eigenvalue weighted by Crippen LogP contribution is -1.98. The Morgan fingerprint density at radius 2 is 0.939 bits per heavy atom. The van der Waals surface area contributed by atoms with Gasteiger partial charge in [-0.1, -0.05) is 140 Å². The van der Waals surface area contributed by atoms with Crippen LogP contribution in [0.1, 0.15) is 0 Å². The second kappa shape index (κ2) is 11.0. The fourth-order valence-corrected chi connectivity index (χ4v) is 7.44. The molecule has 49 heavy (non-hydrogen) atoms. The summed E-state index contributed by atoms with van der Waals surface area (Å²) in [6, 6.07) is 62.6. The van der Waals surface area contributed by atoms with Crippen LogP contribution in [0.3, 0.4) is 0 Å². The lowest BCUT2D eigenvalue weighted by molar-refractivity contribution is 1.16. The molecule has 0 N–H and O–H groups in total. The van der Waals surface area contributed by atoms with E-state index in [1.165, 1.54) is 54.1 Å². The van der Waals surface area contributed by atoms with Gasteiger partial charge < -0.3 is 4.57 Å². The van der Waals surface area contributed by atoms with Crippen molar-refractivity contribution in [3.8, 4) is 39.6 Å². The maximum atomic E-state index is 5.12. The first-order valence-corrected chi connectivity index (χ1v) is 16.7. The molecule has 3 heteroatoms. The van der Waals surface area contributed by atoms with E-state index in [1.54, 1.807) is 0 Å². The number of benzene rings is 8. The fraction of sp³-hybridized carbons (Fsp3) is 0. The van der Waals surface area contributed by atoms with Crippen LogP contribution in [0.15, 0.2) is 176 Å². The molecule has 8 aromatic carbocycles.